The van der Waals surface area contributed by atoms with Gasteiger partial charge in [-0.2, -0.15) is 0 Å². The second kappa shape index (κ2) is 14.2. The fourth-order valence-corrected chi connectivity index (χ4v) is 9.67. The first-order valence-corrected chi connectivity index (χ1v) is 21.8. The Hall–Kier alpha value is -5.80. The quantitative estimate of drug-likeness (QED) is 0.164. The molecule has 0 saturated heterocycles. The van der Waals surface area contributed by atoms with Crippen LogP contribution in [0.4, 0.5) is 34.1 Å². The van der Waals surface area contributed by atoms with Crippen LogP contribution >= 0.6 is 0 Å². The number of benzene rings is 7. The van der Waals surface area contributed by atoms with Gasteiger partial charge in [-0.25, -0.2) is 0 Å². The number of nitrogens with zero attached hydrogens (tertiary/aromatic N) is 2. The molecule has 0 aliphatic carbocycles. The van der Waals surface area contributed by atoms with Crippen molar-refractivity contribution in [2.45, 2.75) is 99.3 Å². The van der Waals surface area contributed by atoms with Gasteiger partial charge in [0, 0.05) is 34.1 Å². The molecule has 300 valence electrons. The van der Waals surface area contributed by atoms with Crippen molar-refractivity contribution in [3.63, 3.8) is 0 Å². The second-order valence-electron chi connectivity index (χ2n) is 20.5. The van der Waals surface area contributed by atoms with E-state index in [1.165, 1.54) is 106 Å². The van der Waals surface area contributed by atoms with E-state index in [1.807, 2.05) is 0 Å². The Bertz CT molecular complexity index is 2810. The maximum Gasteiger partial charge on any atom is 0.252 e. The molecule has 0 saturated carbocycles. The van der Waals surface area contributed by atoms with Gasteiger partial charge in [0.2, 0.25) is 0 Å². The van der Waals surface area contributed by atoms with Crippen molar-refractivity contribution in [3.05, 3.63) is 173 Å². The Morgan fingerprint density at radius 2 is 0.900 bits per heavy atom. The van der Waals surface area contributed by atoms with Crippen LogP contribution in [0.5, 0.6) is 0 Å². The van der Waals surface area contributed by atoms with E-state index in [0.29, 0.717) is 0 Å². The number of anilines is 6. The first-order valence-electron chi connectivity index (χ1n) is 21.8. The monoisotopic (exact) mass is 782 g/mol. The molecule has 2 aliphatic heterocycles. The second-order valence-corrected chi connectivity index (χ2v) is 20.5. The highest BCUT2D eigenvalue weighted by Gasteiger charge is 2.44. The lowest BCUT2D eigenvalue weighted by Gasteiger charge is -2.45. The van der Waals surface area contributed by atoms with Crippen molar-refractivity contribution in [3.8, 4) is 22.3 Å². The van der Waals surface area contributed by atoms with Crippen LogP contribution in [0.25, 0.3) is 22.3 Å². The summed E-state index contributed by atoms with van der Waals surface area (Å²) in [6, 6.07) is 53.5. The van der Waals surface area contributed by atoms with Crippen molar-refractivity contribution in [1.82, 2.24) is 0 Å². The summed E-state index contributed by atoms with van der Waals surface area (Å²) in [5.74, 6) is 0. The van der Waals surface area contributed by atoms with Crippen molar-refractivity contribution in [2.24, 2.45) is 0 Å². The van der Waals surface area contributed by atoms with Gasteiger partial charge in [0.1, 0.15) is 0 Å². The average molecular weight is 783 g/mol. The summed E-state index contributed by atoms with van der Waals surface area (Å²) in [6.45, 7) is 27.7. The standard InChI is InChI=1S/C57H59BN2/c1-36-31-52-54-53(32-36)60(44-19-15-18-39(33-44)46-21-16-22-47(38(46)3)45-20-14-13-17-37(45)2)51-30-26-42(57(10,11)12)35-49(51)58(54)48-34-41(56(7,8)9)25-29-50(48)59(52)43-27-23-40(24-28-43)55(4,5)6/h13-35H,1-12H3. The Kier molecular flexibility index (Phi) is 9.36. The predicted octanol–water partition coefficient (Wildman–Crippen LogP) is 13.9. The van der Waals surface area contributed by atoms with Gasteiger partial charge in [-0.1, -0.05) is 153 Å². The fourth-order valence-electron chi connectivity index (χ4n) is 9.67. The molecule has 0 aromatic heterocycles. The number of rotatable bonds is 4. The SMILES string of the molecule is Cc1cc2c3c(c1)N(c1cccc(-c4cccc(-c5ccccc5C)c4C)c1)c1ccc(C(C)(C)C)cc1B3c1cc(C(C)(C)C)ccc1N2c1ccc(C(C)(C)C)cc1. The molecule has 7 aromatic rings. The first-order chi connectivity index (χ1) is 28.4. The summed E-state index contributed by atoms with van der Waals surface area (Å²) in [4.78, 5) is 5.11. The Morgan fingerprint density at radius 1 is 0.400 bits per heavy atom. The number of fused-ring (bicyclic) bond motifs is 4. The van der Waals surface area contributed by atoms with Crippen LogP contribution < -0.4 is 26.2 Å². The van der Waals surface area contributed by atoms with E-state index in [9.17, 15) is 0 Å². The summed E-state index contributed by atoms with van der Waals surface area (Å²) >= 11 is 0. The molecule has 9 rings (SSSR count). The minimum absolute atomic E-state index is 0.00350. The summed E-state index contributed by atoms with van der Waals surface area (Å²) in [5, 5.41) is 0. The molecule has 0 bridgehead atoms. The van der Waals surface area contributed by atoms with Gasteiger partial charge in [-0.3, -0.25) is 0 Å². The highest BCUT2D eigenvalue weighted by Crippen LogP contribution is 2.46. The van der Waals surface area contributed by atoms with E-state index in [0.717, 1.165) is 0 Å². The third-order valence-corrected chi connectivity index (χ3v) is 13.1. The molecule has 7 aromatic carbocycles. The van der Waals surface area contributed by atoms with Crippen LogP contribution in [0, 0.1) is 20.8 Å². The molecule has 3 heteroatoms. The van der Waals surface area contributed by atoms with Crippen molar-refractivity contribution >= 4 is 57.2 Å². The fraction of sp³-hybridized carbons (Fsp3) is 0.263. The molecule has 2 aliphatic rings. The zero-order chi connectivity index (χ0) is 42.5. The van der Waals surface area contributed by atoms with Gasteiger partial charge in [-0.15, -0.1) is 0 Å². The van der Waals surface area contributed by atoms with Gasteiger partial charge < -0.3 is 9.80 Å². The lowest BCUT2D eigenvalue weighted by atomic mass is 9.33. The van der Waals surface area contributed by atoms with Gasteiger partial charge in [0.05, 0.1) is 0 Å². The first kappa shape index (κ1) is 39.7. The summed E-state index contributed by atoms with van der Waals surface area (Å²) in [6.07, 6.45) is 0. The van der Waals surface area contributed by atoms with E-state index in [2.05, 4.69) is 232 Å². The summed E-state index contributed by atoms with van der Waals surface area (Å²) in [5.41, 5.74) is 24.4. The Morgan fingerprint density at radius 3 is 1.47 bits per heavy atom. The van der Waals surface area contributed by atoms with E-state index in [-0.39, 0.29) is 23.0 Å². The molecule has 2 nitrogen and oxygen atoms in total. The molecule has 0 amide bonds. The van der Waals surface area contributed by atoms with Gasteiger partial charge in [0.25, 0.3) is 6.71 Å². The Balaban J connectivity index is 1.31. The normalized spacial score (nSPS) is 13.6. The smallest absolute Gasteiger partial charge is 0.252 e. The zero-order valence-electron chi connectivity index (χ0n) is 37.8. The molecular formula is C57H59BN2. The lowest BCUT2D eigenvalue weighted by Crippen LogP contribution is -2.61. The zero-order valence-corrected chi connectivity index (χ0v) is 37.8. The third-order valence-electron chi connectivity index (χ3n) is 13.1. The number of hydrogen-bond donors (Lipinski definition) is 0. The lowest BCUT2D eigenvalue weighted by molar-refractivity contribution is 0.590. The Labute approximate surface area is 360 Å². The summed E-state index contributed by atoms with van der Waals surface area (Å²) in [7, 11) is 0. The van der Waals surface area contributed by atoms with Crippen LogP contribution in [-0.4, -0.2) is 6.71 Å². The molecule has 0 fully saturated rings. The molecular weight excluding hydrogens is 723 g/mol. The predicted molar refractivity (Wildman–Crippen MR) is 262 cm³/mol. The van der Waals surface area contributed by atoms with Crippen molar-refractivity contribution in [2.75, 3.05) is 9.80 Å². The maximum atomic E-state index is 2.56. The van der Waals surface area contributed by atoms with Crippen molar-refractivity contribution < 1.29 is 0 Å². The molecule has 0 atom stereocenters. The molecule has 0 N–H and O–H groups in total. The number of aryl methyl sites for hydroxylation is 2. The topological polar surface area (TPSA) is 6.48 Å². The van der Waals surface area contributed by atoms with Crippen LogP contribution in [0.2, 0.25) is 0 Å². The minimum atomic E-state index is -0.0125. The highest BCUT2D eigenvalue weighted by molar-refractivity contribution is 7.00. The minimum Gasteiger partial charge on any atom is -0.311 e. The van der Waals surface area contributed by atoms with Crippen molar-refractivity contribution in [1.29, 1.82) is 0 Å². The molecule has 2 heterocycles. The largest absolute Gasteiger partial charge is 0.311 e. The van der Waals surface area contributed by atoms with E-state index < -0.39 is 0 Å². The van der Waals surface area contributed by atoms with E-state index >= 15 is 0 Å². The third kappa shape index (κ3) is 6.67. The highest BCUT2D eigenvalue weighted by atomic mass is 15.2. The number of hydrogen-bond acceptors (Lipinski definition) is 2. The van der Waals surface area contributed by atoms with Gasteiger partial charge >= 0.3 is 0 Å². The van der Waals surface area contributed by atoms with E-state index in [4.69, 9.17) is 0 Å². The van der Waals surface area contributed by atoms with Gasteiger partial charge in [0.15, 0.2) is 0 Å². The average Bonchev–Trinajstić information content (AvgIpc) is 3.19. The van der Waals surface area contributed by atoms with Crippen LogP contribution in [0.15, 0.2) is 140 Å². The molecule has 0 radical (unpaired) electrons. The molecule has 0 spiro atoms. The van der Waals surface area contributed by atoms with Crippen LogP contribution in [0.3, 0.4) is 0 Å². The van der Waals surface area contributed by atoms with Crippen LogP contribution in [-0.2, 0) is 16.2 Å². The molecule has 60 heavy (non-hydrogen) atoms. The maximum absolute atomic E-state index is 2.56. The van der Waals surface area contributed by atoms with Crippen LogP contribution in [0.1, 0.15) is 95.7 Å². The molecule has 0 unspecified atom stereocenters. The van der Waals surface area contributed by atoms with E-state index in [1.54, 1.807) is 0 Å². The summed E-state index contributed by atoms with van der Waals surface area (Å²) < 4.78 is 0. The van der Waals surface area contributed by atoms with Gasteiger partial charge in [-0.05, 0) is 158 Å².